The van der Waals surface area contributed by atoms with Crippen LogP contribution in [0.5, 0.6) is 5.75 Å². The average Bonchev–Trinajstić information content (AvgIpc) is 3.55. The van der Waals surface area contributed by atoms with Crippen molar-refractivity contribution < 1.29 is 20.1 Å². The van der Waals surface area contributed by atoms with Crippen LogP contribution in [0, 0.1) is 11.3 Å². The molecule has 1 aromatic heterocycles. The summed E-state index contributed by atoms with van der Waals surface area (Å²) in [5, 5.41) is 35.4. The molecular weight excluding hydrogens is 516 g/mol. The second-order valence-corrected chi connectivity index (χ2v) is 11.8. The molecule has 2 saturated carbocycles. The van der Waals surface area contributed by atoms with Gasteiger partial charge in [0, 0.05) is 17.5 Å². The van der Waals surface area contributed by atoms with Crippen molar-refractivity contribution in [1.82, 2.24) is 14.5 Å². The van der Waals surface area contributed by atoms with E-state index in [9.17, 15) is 15.3 Å². The number of nitrogens with zero attached hydrogens (tertiary/aromatic N) is 3. The number of hydrogen-bond donors (Lipinski definition) is 4. The van der Waals surface area contributed by atoms with Crippen LogP contribution in [0.25, 0.3) is 22.2 Å². The van der Waals surface area contributed by atoms with Gasteiger partial charge in [-0.2, -0.15) is 0 Å². The number of fused-ring (bicyclic) bond motifs is 2. The van der Waals surface area contributed by atoms with Gasteiger partial charge in [0.05, 0.1) is 36.4 Å². The number of imidazole rings is 1. The molecule has 0 unspecified atom stereocenters. The molecule has 5 atom stereocenters. The molecule has 8 nitrogen and oxygen atoms in total. The van der Waals surface area contributed by atoms with Crippen molar-refractivity contribution in [2.45, 2.75) is 44.1 Å². The number of benzene rings is 3. The van der Waals surface area contributed by atoms with Crippen molar-refractivity contribution in [1.29, 1.82) is 0 Å². The van der Waals surface area contributed by atoms with Crippen molar-refractivity contribution in [3.8, 4) is 16.9 Å². The molecule has 0 aliphatic heterocycles. The predicted molar refractivity (Wildman–Crippen MR) is 161 cm³/mol. The Balaban J connectivity index is 1.26. The van der Waals surface area contributed by atoms with E-state index >= 15 is 0 Å². The van der Waals surface area contributed by atoms with E-state index in [0.29, 0.717) is 25.5 Å². The molecule has 2 aliphatic rings. The standard InChI is InChI=1S/C33H40N4O4/c1-36(2)16-8-9-17-41-28-18-22(14-15-24(28)23-10-4-3-5-11-23)20-34-32-35-26-12-6-7-13-27(26)37(32)29-25-19-33(25,21-38)31(40)30(29)39/h3-7,10-15,18,25,29-31,38-40H,8-9,16-17,19-21H2,1-2H3,(H,34,35)/t25-,29-,30+,31+,33+/m1/s1. The van der Waals surface area contributed by atoms with Crippen molar-refractivity contribution >= 4 is 17.0 Å². The number of nitrogens with one attached hydrogen (secondary N) is 1. The highest BCUT2D eigenvalue weighted by molar-refractivity contribution is 5.79. The molecule has 3 aromatic carbocycles. The summed E-state index contributed by atoms with van der Waals surface area (Å²) >= 11 is 0. The number of aliphatic hydroxyl groups excluding tert-OH is 3. The molecule has 0 spiro atoms. The van der Waals surface area contributed by atoms with Crippen LogP contribution in [0.3, 0.4) is 0 Å². The van der Waals surface area contributed by atoms with E-state index < -0.39 is 17.6 Å². The number of unbranched alkanes of at least 4 members (excludes halogenated alkanes) is 1. The number of para-hydroxylation sites is 2. The first-order valence-electron chi connectivity index (χ1n) is 14.6. The highest BCUT2D eigenvalue weighted by Gasteiger charge is 2.71. The first kappa shape index (κ1) is 27.7. The Bertz CT molecular complexity index is 1490. The number of rotatable bonds is 12. The van der Waals surface area contributed by atoms with Gasteiger partial charge in [0.2, 0.25) is 5.95 Å². The Labute approximate surface area is 241 Å². The summed E-state index contributed by atoms with van der Waals surface area (Å²) in [6.45, 7) is 2.06. The molecule has 2 fully saturated rings. The van der Waals surface area contributed by atoms with E-state index in [0.717, 1.165) is 52.9 Å². The molecule has 1 heterocycles. The minimum atomic E-state index is -0.975. The van der Waals surface area contributed by atoms with Gasteiger partial charge < -0.3 is 34.8 Å². The maximum Gasteiger partial charge on any atom is 0.204 e. The number of hydrogen-bond acceptors (Lipinski definition) is 7. The third kappa shape index (κ3) is 5.21. The highest BCUT2D eigenvalue weighted by atomic mass is 16.5. The van der Waals surface area contributed by atoms with Gasteiger partial charge >= 0.3 is 0 Å². The van der Waals surface area contributed by atoms with Crippen LogP contribution < -0.4 is 10.1 Å². The smallest absolute Gasteiger partial charge is 0.204 e. The average molecular weight is 557 g/mol. The van der Waals surface area contributed by atoms with E-state index in [4.69, 9.17) is 9.72 Å². The summed E-state index contributed by atoms with van der Waals surface area (Å²) < 4.78 is 8.36. The minimum Gasteiger partial charge on any atom is -0.493 e. The third-order valence-electron chi connectivity index (χ3n) is 8.88. The lowest BCUT2D eigenvalue weighted by Crippen LogP contribution is -2.35. The molecule has 4 N–H and O–H groups in total. The first-order valence-corrected chi connectivity index (χ1v) is 14.6. The summed E-state index contributed by atoms with van der Waals surface area (Å²) in [5.41, 5.74) is 4.32. The number of aromatic nitrogens is 2. The van der Waals surface area contributed by atoms with Gasteiger partial charge in [-0.05, 0) is 75.1 Å². The highest BCUT2D eigenvalue weighted by Crippen LogP contribution is 2.67. The SMILES string of the molecule is CN(C)CCCCOc1cc(CNc2nc3ccccc3n2[C@H]2[C@H](O)[C@H](O)[C@]3(CO)C[C@H]23)ccc1-c1ccccc1. The van der Waals surface area contributed by atoms with Crippen LogP contribution in [-0.4, -0.2) is 75.8 Å². The van der Waals surface area contributed by atoms with Crippen molar-refractivity contribution in [3.05, 3.63) is 78.4 Å². The van der Waals surface area contributed by atoms with Gasteiger partial charge in [-0.1, -0.05) is 54.6 Å². The molecular formula is C33H40N4O4. The third-order valence-corrected chi connectivity index (χ3v) is 8.88. The summed E-state index contributed by atoms with van der Waals surface area (Å²) in [5.74, 6) is 1.49. The van der Waals surface area contributed by atoms with Crippen LogP contribution in [0.1, 0.15) is 30.9 Å². The maximum absolute atomic E-state index is 11.1. The topological polar surface area (TPSA) is 103 Å². The Morgan fingerprint density at radius 2 is 1.80 bits per heavy atom. The lowest BCUT2D eigenvalue weighted by atomic mass is 10.0. The zero-order valence-corrected chi connectivity index (χ0v) is 23.8. The molecule has 2 aliphatic carbocycles. The van der Waals surface area contributed by atoms with Gasteiger partial charge in [-0.25, -0.2) is 4.98 Å². The Hall–Kier alpha value is -3.43. The fraction of sp³-hybridized carbons (Fsp3) is 0.424. The predicted octanol–water partition coefficient (Wildman–Crippen LogP) is 4.31. The van der Waals surface area contributed by atoms with Gasteiger partial charge in [0.25, 0.3) is 0 Å². The Morgan fingerprint density at radius 1 is 1.02 bits per heavy atom. The lowest BCUT2D eigenvalue weighted by Gasteiger charge is -2.25. The molecule has 0 radical (unpaired) electrons. The van der Waals surface area contributed by atoms with Crippen molar-refractivity contribution in [2.75, 3.05) is 39.2 Å². The second-order valence-electron chi connectivity index (χ2n) is 11.8. The van der Waals surface area contributed by atoms with Crippen LogP contribution in [0.2, 0.25) is 0 Å². The van der Waals surface area contributed by atoms with Gasteiger partial charge in [-0.3, -0.25) is 0 Å². The summed E-state index contributed by atoms with van der Waals surface area (Å²) in [6, 6.07) is 24.1. The maximum atomic E-state index is 11.1. The Morgan fingerprint density at radius 3 is 2.56 bits per heavy atom. The number of anilines is 1. The van der Waals surface area contributed by atoms with Gasteiger partial charge in [-0.15, -0.1) is 0 Å². The van der Waals surface area contributed by atoms with Crippen LogP contribution in [0.4, 0.5) is 5.95 Å². The van der Waals surface area contributed by atoms with E-state index in [2.05, 4.69) is 54.6 Å². The quantitative estimate of drug-likeness (QED) is 0.193. The molecule has 216 valence electrons. The van der Waals surface area contributed by atoms with E-state index in [-0.39, 0.29) is 18.6 Å². The molecule has 41 heavy (non-hydrogen) atoms. The molecule has 6 rings (SSSR count). The van der Waals surface area contributed by atoms with Gasteiger partial charge in [0.1, 0.15) is 11.9 Å². The lowest BCUT2D eigenvalue weighted by molar-refractivity contribution is -0.0298. The van der Waals surface area contributed by atoms with E-state index in [1.807, 2.05) is 47.0 Å². The molecule has 0 bridgehead atoms. The second kappa shape index (κ2) is 11.4. The fourth-order valence-corrected chi connectivity index (χ4v) is 6.54. The molecule has 4 aromatic rings. The summed E-state index contributed by atoms with van der Waals surface area (Å²) in [7, 11) is 4.17. The number of ether oxygens (including phenoxy) is 1. The molecule has 8 heteroatoms. The monoisotopic (exact) mass is 556 g/mol. The van der Waals surface area contributed by atoms with Crippen LogP contribution in [-0.2, 0) is 6.54 Å². The fourth-order valence-electron chi connectivity index (χ4n) is 6.54. The van der Waals surface area contributed by atoms with Crippen molar-refractivity contribution in [3.63, 3.8) is 0 Å². The zero-order valence-electron chi connectivity index (χ0n) is 23.8. The summed E-state index contributed by atoms with van der Waals surface area (Å²) in [6.07, 6.45) is 0.807. The molecule has 0 saturated heterocycles. The van der Waals surface area contributed by atoms with Crippen molar-refractivity contribution in [2.24, 2.45) is 11.3 Å². The van der Waals surface area contributed by atoms with E-state index in [1.165, 1.54) is 0 Å². The van der Waals surface area contributed by atoms with E-state index in [1.54, 1.807) is 0 Å². The zero-order chi connectivity index (χ0) is 28.6. The van der Waals surface area contributed by atoms with Gasteiger partial charge in [0.15, 0.2) is 0 Å². The number of aliphatic hydroxyl groups is 3. The largest absolute Gasteiger partial charge is 0.493 e. The van der Waals surface area contributed by atoms with Crippen LogP contribution >= 0.6 is 0 Å². The molecule has 0 amide bonds. The van der Waals surface area contributed by atoms with Crippen LogP contribution in [0.15, 0.2) is 72.8 Å². The Kier molecular flexibility index (Phi) is 7.74. The minimum absolute atomic E-state index is 0.00619. The first-order chi connectivity index (χ1) is 19.9. The summed E-state index contributed by atoms with van der Waals surface area (Å²) in [4.78, 5) is 7.05. The normalized spacial score (nSPS) is 25.0.